The Kier molecular flexibility index (Phi) is 4.87. The fraction of sp³-hybridized carbons (Fsp3) is 0.526. The van der Waals surface area contributed by atoms with E-state index in [9.17, 15) is 18.0 Å². The molecule has 0 radical (unpaired) electrons. The Morgan fingerprint density at radius 1 is 1.28 bits per heavy atom. The maximum Gasteiger partial charge on any atom is 0.425 e. The molecule has 2 fully saturated rings. The van der Waals surface area contributed by atoms with E-state index in [0.29, 0.717) is 19.0 Å². The normalized spacial score (nSPS) is 24.2. The number of methoxy groups -OCH3 is 1. The van der Waals surface area contributed by atoms with E-state index in [-0.39, 0.29) is 24.2 Å². The third kappa shape index (κ3) is 3.75. The van der Waals surface area contributed by atoms with Gasteiger partial charge in [-0.3, -0.25) is 0 Å². The number of amides is 1. The second-order valence-electron chi connectivity index (χ2n) is 7.32. The van der Waals surface area contributed by atoms with Crippen LogP contribution in [-0.4, -0.2) is 58.2 Å². The SMILES string of the molecule is CC[C@@H](OC(=O)N1C[C@@H]2[C@H](C1)[C@H]2c1ccn(-c2ccc(OC)nc2)n1)C(F)(F)F. The van der Waals surface area contributed by atoms with Gasteiger partial charge in [-0.1, -0.05) is 6.92 Å². The van der Waals surface area contributed by atoms with Crippen molar-refractivity contribution in [2.45, 2.75) is 31.5 Å². The van der Waals surface area contributed by atoms with Crippen LogP contribution in [0.1, 0.15) is 25.0 Å². The lowest BCUT2D eigenvalue weighted by Gasteiger charge is -2.24. The highest BCUT2D eigenvalue weighted by molar-refractivity contribution is 5.69. The zero-order chi connectivity index (χ0) is 20.8. The topological polar surface area (TPSA) is 69.5 Å². The number of nitrogens with zero attached hydrogens (tertiary/aromatic N) is 4. The van der Waals surface area contributed by atoms with E-state index in [4.69, 9.17) is 4.74 Å². The molecule has 1 saturated heterocycles. The number of hydrogen-bond donors (Lipinski definition) is 0. The molecule has 4 atom stereocenters. The number of likely N-dealkylation sites (tertiary alicyclic amines) is 1. The summed E-state index contributed by atoms with van der Waals surface area (Å²) in [7, 11) is 1.55. The minimum Gasteiger partial charge on any atom is -0.481 e. The van der Waals surface area contributed by atoms with Crippen LogP contribution in [0.5, 0.6) is 5.88 Å². The summed E-state index contributed by atoms with van der Waals surface area (Å²) in [4.78, 5) is 17.6. The summed E-state index contributed by atoms with van der Waals surface area (Å²) in [5.74, 6) is 1.12. The minimum atomic E-state index is -4.54. The third-order valence-corrected chi connectivity index (χ3v) is 5.58. The standard InChI is InChI=1S/C19H21F3N4O3/c1-3-15(19(20,21)22)29-18(27)25-9-12-13(10-25)17(12)14-6-7-26(24-14)11-4-5-16(28-2)23-8-11/h4-8,12-13,15,17H,3,9-10H2,1-2H3/t12-,13+,15-,17+/m1/s1. The van der Waals surface area contributed by atoms with Crippen LogP contribution in [0.4, 0.5) is 18.0 Å². The molecule has 156 valence electrons. The van der Waals surface area contributed by atoms with Gasteiger partial charge < -0.3 is 14.4 Å². The van der Waals surface area contributed by atoms with Gasteiger partial charge in [0.15, 0.2) is 6.10 Å². The maximum absolute atomic E-state index is 12.8. The largest absolute Gasteiger partial charge is 0.481 e. The summed E-state index contributed by atoms with van der Waals surface area (Å²) >= 11 is 0. The first-order valence-electron chi connectivity index (χ1n) is 9.40. The molecular weight excluding hydrogens is 389 g/mol. The van der Waals surface area contributed by atoms with Crippen LogP contribution in [0.2, 0.25) is 0 Å². The number of aromatic nitrogens is 3. The van der Waals surface area contributed by atoms with E-state index < -0.39 is 18.4 Å². The number of fused-ring (bicyclic) bond motifs is 1. The molecular formula is C19H21F3N4O3. The van der Waals surface area contributed by atoms with Crippen LogP contribution in [0.3, 0.4) is 0 Å². The van der Waals surface area contributed by atoms with Crippen molar-refractivity contribution in [1.29, 1.82) is 0 Å². The lowest BCUT2D eigenvalue weighted by molar-refractivity contribution is -0.206. The molecule has 0 unspecified atom stereocenters. The Labute approximate surface area is 165 Å². The van der Waals surface area contributed by atoms with Crippen molar-refractivity contribution < 1.29 is 27.4 Å². The van der Waals surface area contributed by atoms with Crippen LogP contribution in [0.15, 0.2) is 30.6 Å². The summed E-state index contributed by atoms with van der Waals surface area (Å²) in [5.41, 5.74) is 1.70. The van der Waals surface area contributed by atoms with E-state index in [0.717, 1.165) is 11.4 Å². The molecule has 1 saturated carbocycles. The second kappa shape index (κ2) is 7.23. The average molecular weight is 410 g/mol. The van der Waals surface area contributed by atoms with Gasteiger partial charge >= 0.3 is 12.3 Å². The average Bonchev–Trinajstić information content (AvgIpc) is 3.07. The fourth-order valence-electron chi connectivity index (χ4n) is 3.98. The van der Waals surface area contributed by atoms with Crippen molar-refractivity contribution in [3.63, 3.8) is 0 Å². The Morgan fingerprint density at radius 2 is 2.00 bits per heavy atom. The number of rotatable bonds is 5. The maximum atomic E-state index is 12.8. The highest BCUT2D eigenvalue weighted by Crippen LogP contribution is 2.57. The molecule has 7 nitrogen and oxygen atoms in total. The number of pyridine rings is 1. The van der Waals surface area contributed by atoms with E-state index in [1.807, 2.05) is 18.3 Å². The van der Waals surface area contributed by atoms with Crippen LogP contribution in [0.25, 0.3) is 5.69 Å². The first-order chi connectivity index (χ1) is 13.8. The van der Waals surface area contributed by atoms with Gasteiger partial charge in [-0.2, -0.15) is 18.3 Å². The number of hydrogen-bond acceptors (Lipinski definition) is 5. The van der Waals surface area contributed by atoms with E-state index in [1.54, 1.807) is 24.1 Å². The molecule has 2 aromatic rings. The first kappa shape index (κ1) is 19.5. The van der Waals surface area contributed by atoms with Crippen LogP contribution >= 0.6 is 0 Å². The van der Waals surface area contributed by atoms with Gasteiger partial charge in [0, 0.05) is 31.3 Å². The third-order valence-electron chi connectivity index (χ3n) is 5.58. The molecule has 0 aromatic carbocycles. The minimum absolute atomic E-state index is 0.200. The quantitative estimate of drug-likeness (QED) is 0.756. The highest BCUT2D eigenvalue weighted by atomic mass is 19.4. The van der Waals surface area contributed by atoms with Gasteiger partial charge in [-0.15, -0.1) is 0 Å². The molecule has 4 rings (SSSR count). The Balaban J connectivity index is 1.35. The Bertz CT molecular complexity index is 872. The summed E-state index contributed by atoms with van der Waals surface area (Å²) in [6.45, 7) is 2.12. The van der Waals surface area contributed by atoms with Gasteiger partial charge in [0.05, 0.1) is 24.7 Å². The van der Waals surface area contributed by atoms with E-state index in [2.05, 4.69) is 14.8 Å². The molecule has 1 amide bonds. The second-order valence-corrected chi connectivity index (χ2v) is 7.32. The molecule has 0 spiro atoms. The van der Waals surface area contributed by atoms with Crippen molar-refractivity contribution in [3.05, 3.63) is 36.3 Å². The molecule has 0 bridgehead atoms. The van der Waals surface area contributed by atoms with Crippen LogP contribution < -0.4 is 4.74 Å². The predicted octanol–water partition coefficient (Wildman–Crippen LogP) is 3.40. The first-order valence-corrected chi connectivity index (χ1v) is 9.40. The highest BCUT2D eigenvalue weighted by Gasteiger charge is 2.59. The molecule has 29 heavy (non-hydrogen) atoms. The lowest BCUT2D eigenvalue weighted by atomic mass is 10.2. The summed E-state index contributed by atoms with van der Waals surface area (Å²) < 4.78 is 49.8. The Morgan fingerprint density at radius 3 is 2.55 bits per heavy atom. The number of ether oxygens (including phenoxy) is 2. The molecule has 2 aliphatic rings. The number of carbonyl (C=O) groups is 1. The van der Waals surface area contributed by atoms with Gasteiger partial charge in [-0.25, -0.2) is 14.5 Å². The zero-order valence-electron chi connectivity index (χ0n) is 16.0. The summed E-state index contributed by atoms with van der Waals surface area (Å²) in [5, 5.41) is 4.60. The zero-order valence-corrected chi connectivity index (χ0v) is 16.0. The Hall–Kier alpha value is -2.78. The van der Waals surface area contributed by atoms with Crippen molar-refractivity contribution in [2.24, 2.45) is 11.8 Å². The number of carbonyl (C=O) groups excluding carboxylic acids is 1. The molecule has 0 N–H and O–H groups in total. The predicted molar refractivity (Wildman–Crippen MR) is 95.8 cm³/mol. The van der Waals surface area contributed by atoms with Crippen molar-refractivity contribution in [1.82, 2.24) is 19.7 Å². The number of halogens is 3. The van der Waals surface area contributed by atoms with Crippen LogP contribution in [-0.2, 0) is 4.74 Å². The number of piperidine rings is 1. The van der Waals surface area contributed by atoms with Crippen molar-refractivity contribution in [2.75, 3.05) is 20.2 Å². The molecule has 10 heteroatoms. The van der Waals surface area contributed by atoms with E-state index in [1.165, 1.54) is 11.8 Å². The van der Waals surface area contributed by atoms with Gasteiger partial charge in [-0.05, 0) is 30.4 Å². The van der Waals surface area contributed by atoms with Gasteiger partial charge in [0.2, 0.25) is 5.88 Å². The fourth-order valence-corrected chi connectivity index (χ4v) is 3.98. The lowest BCUT2D eigenvalue weighted by Crippen LogP contribution is -2.39. The smallest absolute Gasteiger partial charge is 0.425 e. The molecule has 2 aromatic heterocycles. The summed E-state index contributed by atoms with van der Waals surface area (Å²) in [6.07, 6.45) is -4.29. The van der Waals surface area contributed by atoms with Gasteiger partial charge in [0.1, 0.15) is 0 Å². The van der Waals surface area contributed by atoms with Crippen molar-refractivity contribution in [3.8, 4) is 11.6 Å². The van der Waals surface area contributed by atoms with E-state index >= 15 is 0 Å². The summed E-state index contributed by atoms with van der Waals surface area (Å²) in [6, 6.07) is 5.52. The molecule has 1 aliphatic heterocycles. The molecule has 1 aliphatic carbocycles. The molecule has 3 heterocycles. The van der Waals surface area contributed by atoms with Gasteiger partial charge in [0.25, 0.3) is 0 Å². The monoisotopic (exact) mass is 410 g/mol. The van der Waals surface area contributed by atoms with Crippen molar-refractivity contribution >= 4 is 6.09 Å². The van der Waals surface area contributed by atoms with Crippen LogP contribution in [0, 0.1) is 11.8 Å². The number of alkyl halides is 3.